The molecule has 5 nitrogen and oxygen atoms in total. The van der Waals surface area contributed by atoms with E-state index in [9.17, 15) is 4.79 Å². The molecule has 1 N–H and O–H groups in total. The lowest BCUT2D eigenvalue weighted by atomic mass is 10.1. The van der Waals surface area contributed by atoms with Crippen LogP contribution in [0.15, 0.2) is 42.4 Å². The SMILES string of the molecule is C=CCc1ccc(OCC(=O)Nc2nccs2)c(OC)c1. The van der Waals surface area contributed by atoms with Crippen molar-refractivity contribution in [3.05, 3.63) is 48.0 Å². The van der Waals surface area contributed by atoms with Gasteiger partial charge >= 0.3 is 0 Å². The molecule has 2 rings (SSSR count). The van der Waals surface area contributed by atoms with Gasteiger partial charge in [-0.2, -0.15) is 0 Å². The van der Waals surface area contributed by atoms with Gasteiger partial charge in [0.1, 0.15) is 0 Å². The number of thiazole rings is 1. The van der Waals surface area contributed by atoms with E-state index < -0.39 is 0 Å². The van der Waals surface area contributed by atoms with Crippen LogP contribution in [0.25, 0.3) is 0 Å². The third kappa shape index (κ3) is 4.32. The Kier molecular flexibility index (Phi) is 5.34. The van der Waals surface area contributed by atoms with Crippen molar-refractivity contribution < 1.29 is 14.3 Å². The molecule has 0 atom stereocenters. The standard InChI is InChI=1S/C15H16N2O3S/c1-3-4-11-5-6-12(13(9-11)19-2)20-10-14(18)17-15-16-7-8-21-15/h3,5-9H,1,4,10H2,2H3,(H,16,17,18). The third-order valence-electron chi connectivity index (χ3n) is 2.65. The van der Waals surface area contributed by atoms with Gasteiger partial charge in [0.15, 0.2) is 23.2 Å². The summed E-state index contributed by atoms with van der Waals surface area (Å²) in [7, 11) is 1.57. The number of nitrogens with one attached hydrogen (secondary N) is 1. The molecule has 6 heteroatoms. The highest BCUT2D eigenvalue weighted by Gasteiger charge is 2.09. The van der Waals surface area contributed by atoms with E-state index in [0.29, 0.717) is 16.6 Å². The summed E-state index contributed by atoms with van der Waals surface area (Å²) in [4.78, 5) is 15.7. The first-order valence-electron chi connectivity index (χ1n) is 6.33. The summed E-state index contributed by atoms with van der Waals surface area (Å²) in [5, 5.41) is 4.99. The Morgan fingerprint density at radius 1 is 1.48 bits per heavy atom. The van der Waals surface area contributed by atoms with Gasteiger partial charge in [0, 0.05) is 11.6 Å². The lowest BCUT2D eigenvalue weighted by Gasteiger charge is -2.11. The first-order valence-corrected chi connectivity index (χ1v) is 7.21. The Bertz CT molecular complexity index is 611. The molecule has 2 aromatic rings. The minimum atomic E-state index is -0.262. The summed E-state index contributed by atoms with van der Waals surface area (Å²) < 4.78 is 10.8. The quantitative estimate of drug-likeness (QED) is 0.799. The van der Waals surface area contributed by atoms with Gasteiger partial charge in [0.25, 0.3) is 5.91 Å². The van der Waals surface area contributed by atoms with Crippen molar-refractivity contribution in [2.75, 3.05) is 19.0 Å². The van der Waals surface area contributed by atoms with E-state index >= 15 is 0 Å². The van der Waals surface area contributed by atoms with Gasteiger partial charge in [-0.05, 0) is 24.1 Å². The summed E-state index contributed by atoms with van der Waals surface area (Å²) in [5.74, 6) is 0.859. The van der Waals surface area contributed by atoms with Crippen LogP contribution in [0.3, 0.4) is 0 Å². The van der Waals surface area contributed by atoms with Gasteiger partial charge in [-0.3, -0.25) is 10.1 Å². The van der Waals surface area contributed by atoms with Crippen LogP contribution >= 0.6 is 11.3 Å². The molecule has 0 unspecified atom stereocenters. The fraction of sp³-hybridized carbons (Fsp3) is 0.200. The number of anilines is 1. The summed E-state index contributed by atoms with van der Waals surface area (Å²) in [6, 6.07) is 5.57. The molecular weight excluding hydrogens is 288 g/mol. The molecular formula is C15H16N2O3S. The average Bonchev–Trinajstić information content (AvgIpc) is 2.99. The lowest BCUT2D eigenvalue weighted by molar-refractivity contribution is -0.118. The maximum atomic E-state index is 11.7. The number of carbonyl (C=O) groups is 1. The smallest absolute Gasteiger partial charge is 0.264 e. The number of amides is 1. The number of rotatable bonds is 7. The normalized spacial score (nSPS) is 9.95. The highest BCUT2D eigenvalue weighted by molar-refractivity contribution is 7.13. The first kappa shape index (κ1) is 15.1. The van der Waals surface area contributed by atoms with Crippen LogP contribution in [0, 0.1) is 0 Å². The van der Waals surface area contributed by atoms with E-state index in [-0.39, 0.29) is 12.5 Å². The Balaban J connectivity index is 1.95. The van der Waals surface area contributed by atoms with E-state index in [4.69, 9.17) is 9.47 Å². The lowest BCUT2D eigenvalue weighted by Crippen LogP contribution is -2.20. The number of methoxy groups -OCH3 is 1. The summed E-state index contributed by atoms with van der Waals surface area (Å²) in [5.41, 5.74) is 1.07. The second-order valence-electron chi connectivity index (χ2n) is 4.15. The minimum absolute atomic E-state index is 0.100. The maximum Gasteiger partial charge on any atom is 0.264 e. The summed E-state index contributed by atoms with van der Waals surface area (Å²) in [6.45, 7) is 3.60. The van der Waals surface area contributed by atoms with E-state index in [1.54, 1.807) is 24.8 Å². The fourth-order valence-electron chi connectivity index (χ4n) is 1.71. The van der Waals surface area contributed by atoms with Crippen molar-refractivity contribution in [1.29, 1.82) is 0 Å². The predicted molar refractivity (Wildman–Crippen MR) is 83.1 cm³/mol. The van der Waals surface area contributed by atoms with Crippen LogP contribution in [0.4, 0.5) is 5.13 Å². The average molecular weight is 304 g/mol. The van der Waals surface area contributed by atoms with Crippen molar-refractivity contribution in [2.24, 2.45) is 0 Å². The van der Waals surface area contributed by atoms with Crippen molar-refractivity contribution in [2.45, 2.75) is 6.42 Å². The van der Waals surface area contributed by atoms with Gasteiger partial charge in [-0.1, -0.05) is 12.1 Å². The predicted octanol–water partition coefficient (Wildman–Crippen LogP) is 2.90. The monoisotopic (exact) mass is 304 g/mol. The van der Waals surface area contributed by atoms with Crippen LogP contribution in [-0.2, 0) is 11.2 Å². The van der Waals surface area contributed by atoms with Gasteiger partial charge in [0.05, 0.1) is 7.11 Å². The van der Waals surface area contributed by atoms with Crippen LogP contribution in [0.2, 0.25) is 0 Å². The first-order chi connectivity index (χ1) is 10.2. The number of allylic oxidation sites excluding steroid dienone is 1. The summed E-state index contributed by atoms with van der Waals surface area (Å²) >= 11 is 1.36. The molecule has 0 radical (unpaired) electrons. The molecule has 21 heavy (non-hydrogen) atoms. The highest BCUT2D eigenvalue weighted by atomic mass is 32.1. The van der Waals surface area contributed by atoms with E-state index in [1.165, 1.54) is 11.3 Å². The number of aromatic nitrogens is 1. The van der Waals surface area contributed by atoms with Crippen molar-refractivity contribution >= 4 is 22.4 Å². The third-order valence-corrected chi connectivity index (χ3v) is 3.33. The molecule has 0 fully saturated rings. The zero-order chi connectivity index (χ0) is 15.1. The molecule has 1 amide bonds. The molecule has 1 aromatic heterocycles. The Morgan fingerprint density at radius 2 is 2.33 bits per heavy atom. The Labute approximate surface area is 127 Å². The molecule has 0 spiro atoms. The number of carbonyl (C=O) groups excluding carboxylic acids is 1. The van der Waals surface area contributed by atoms with Gasteiger partial charge in [-0.15, -0.1) is 17.9 Å². The number of benzene rings is 1. The molecule has 0 saturated heterocycles. The molecule has 1 heterocycles. The van der Waals surface area contributed by atoms with Crippen LogP contribution in [0.5, 0.6) is 11.5 Å². The van der Waals surface area contributed by atoms with Gasteiger partial charge in [-0.25, -0.2) is 4.98 Å². The topological polar surface area (TPSA) is 60.5 Å². The molecule has 0 saturated carbocycles. The second-order valence-corrected chi connectivity index (χ2v) is 5.05. The largest absolute Gasteiger partial charge is 0.493 e. The van der Waals surface area contributed by atoms with Crippen molar-refractivity contribution in [3.63, 3.8) is 0 Å². The maximum absolute atomic E-state index is 11.7. The zero-order valence-corrected chi connectivity index (χ0v) is 12.5. The molecule has 0 aliphatic rings. The molecule has 1 aromatic carbocycles. The highest BCUT2D eigenvalue weighted by Crippen LogP contribution is 2.28. The molecule has 0 bridgehead atoms. The second kappa shape index (κ2) is 7.44. The van der Waals surface area contributed by atoms with Gasteiger partial charge < -0.3 is 9.47 Å². The number of nitrogens with zero attached hydrogens (tertiary/aromatic N) is 1. The zero-order valence-electron chi connectivity index (χ0n) is 11.7. The number of ether oxygens (including phenoxy) is 2. The molecule has 0 aliphatic carbocycles. The van der Waals surface area contributed by atoms with E-state index in [1.807, 2.05) is 18.2 Å². The van der Waals surface area contributed by atoms with Crippen molar-refractivity contribution in [3.8, 4) is 11.5 Å². The van der Waals surface area contributed by atoms with Crippen molar-refractivity contribution in [1.82, 2.24) is 4.98 Å². The van der Waals surface area contributed by atoms with Crippen LogP contribution < -0.4 is 14.8 Å². The Hall–Kier alpha value is -2.34. The van der Waals surface area contributed by atoms with E-state index in [2.05, 4.69) is 16.9 Å². The summed E-state index contributed by atoms with van der Waals surface area (Å²) in [6.07, 6.45) is 4.19. The van der Waals surface area contributed by atoms with Gasteiger partial charge in [0.2, 0.25) is 0 Å². The number of hydrogen-bond acceptors (Lipinski definition) is 5. The minimum Gasteiger partial charge on any atom is -0.493 e. The van der Waals surface area contributed by atoms with Crippen LogP contribution in [-0.4, -0.2) is 24.6 Å². The number of hydrogen-bond donors (Lipinski definition) is 1. The van der Waals surface area contributed by atoms with Crippen LogP contribution in [0.1, 0.15) is 5.56 Å². The molecule has 0 aliphatic heterocycles. The van der Waals surface area contributed by atoms with E-state index in [0.717, 1.165) is 12.0 Å². The fourth-order valence-corrected chi connectivity index (χ4v) is 2.25. The Morgan fingerprint density at radius 3 is 3.00 bits per heavy atom. The molecule has 110 valence electrons.